The molecule has 0 radical (unpaired) electrons. The molecule has 10 heteroatoms. The molecule has 0 saturated carbocycles. The first-order valence-electron chi connectivity index (χ1n) is 13.6. The molecule has 0 aromatic heterocycles. The number of anilines is 1. The van der Waals surface area contributed by atoms with Gasteiger partial charge in [-0.3, -0.25) is 14.9 Å². The number of barbiturate groups is 1. The van der Waals surface area contributed by atoms with Gasteiger partial charge in [0, 0.05) is 5.02 Å². The fourth-order valence-electron chi connectivity index (χ4n) is 4.51. The van der Waals surface area contributed by atoms with E-state index in [0.717, 1.165) is 19.6 Å². The Morgan fingerprint density at radius 2 is 1.52 bits per heavy atom. The highest BCUT2D eigenvalue weighted by Gasteiger charge is 2.37. The quantitative estimate of drug-likeness (QED) is 0.110. The van der Waals surface area contributed by atoms with E-state index in [1.54, 1.807) is 48.5 Å². The molecule has 0 bridgehead atoms. The molecule has 44 heavy (non-hydrogen) atoms. The number of ether oxygens (including phenoxy) is 3. The van der Waals surface area contributed by atoms with Gasteiger partial charge >= 0.3 is 6.03 Å². The van der Waals surface area contributed by atoms with E-state index in [2.05, 4.69) is 53.9 Å². The van der Waals surface area contributed by atoms with Crippen molar-refractivity contribution >= 4 is 63.8 Å². The lowest BCUT2D eigenvalue weighted by Gasteiger charge is -2.26. The molecule has 224 valence electrons. The summed E-state index contributed by atoms with van der Waals surface area (Å²) in [6, 6.07) is 22.5. The molecule has 8 nitrogen and oxygen atoms in total. The lowest BCUT2D eigenvalue weighted by molar-refractivity contribution is -0.122. The third kappa shape index (κ3) is 7.06. The van der Waals surface area contributed by atoms with Gasteiger partial charge < -0.3 is 14.2 Å². The standard InChI is InChI=1S/C34H28ClIN2O6/c1-20-4-5-23(14-21(20)2)19-44-31-29(36)16-24(17-30(31)42-3)15-28-32(39)37-34(41)38(33(28)40)26-10-12-27(13-11-26)43-18-22-6-8-25(35)9-7-22/h4-17H,18-19H2,1-3H3,(H,37,39,41)/b28-15+. The summed E-state index contributed by atoms with van der Waals surface area (Å²) in [5, 5.41) is 2.89. The van der Waals surface area contributed by atoms with Crippen molar-refractivity contribution in [2.24, 2.45) is 0 Å². The van der Waals surface area contributed by atoms with Crippen LogP contribution in [0.2, 0.25) is 5.02 Å². The first-order valence-corrected chi connectivity index (χ1v) is 15.0. The van der Waals surface area contributed by atoms with Gasteiger partial charge in [-0.15, -0.1) is 0 Å². The topological polar surface area (TPSA) is 94.2 Å². The average Bonchev–Trinajstić information content (AvgIpc) is 3.00. The highest BCUT2D eigenvalue weighted by molar-refractivity contribution is 14.1. The smallest absolute Gasteiger partial charge is 0.335 e. The summed E-state index contributed by atoms with van der Waals surface area (Å²) in [6.45, 7) is 4.77. The van der Waals surface area contributed by atoms with Crippen LogP contribution in [0.5, 0.6) is 17.2 Å². The van der Waals surface area contributed by atoms with Crippen LogP contribution in [0.4, 0.5) is 10.5 Å². The Kier molecular flexibility index (Phi) is 9.55. The van der Waals surface area contributed by atoms with Gasteiger partial charge in [0.25, 0.3) is 11.8 Å². The fraction of sp³-hybridized carbons (Fsp3) is 0.147. The van der Waals surface area contributed by atoms with Crippen molar-refractivity contribution < 1.29 is 28.6 Å². The van der Waals surface area contributed by atoms with E-state index in [4.69, 9.17) is 25.8 Å². The van der Waals surface area contributed by atoms with E-state index in [1.807, 2.05) is 18.2 Å². The molecule has 0 atom stereocenters. The van der Waals surface area contributed by atoms with Gasteiger partial charge in [-0.1, -0.05) is 41.9 Å². The van der Waals surface area contributed by atoms with Crippen molar-refractivity contribution in [2.45, 2.75) is 27.1 Å². The molecule has 4 aromatic carbocycles. The molecule has 1 heterocycles. The normalized spacial score (nSPS) is 14.1. The summed E-state index contributed by atoms with van der Waals surface area (Å²) in [7, 11) is 1.52. The van der Waals surface area contributed by atoms with Crippen LogP contribution >= 0.6 is 34.2 Å². The number of nitrogens with one attached hydrogen (secondary N) is 1. The first-order chi connectivity index (χ1) is 21.1. The number of hydrogen-bond acceptors (Lipinski definition) is 6. The van der Waals surface area contributed by atoms with Gasteiger partial charge in [-0.25, -0.2) is 9.69 Å². The molecule has 1 aliphatic heterocycles. The number of aryl methyl sites for hydroxylation is 2. The molecular weight excluding hydrogens is 695 g/mol. The van der Waals surface area contributed by atoms with Crippen molar-refractivity contribution in [2.75, 3.05) is 12.0 Å². The van der Waals surface area contributed by atoms with Gasteiger partial charge in [-0.2, -0.15) is 0 Å². The molecule has 1 saturated heterocycles. The number of benzene rings is 4. The number of rotatable bonds is 9. The molecular formula is C34H28ClIN2O6. The number of carbonyl (C=O) groups excluding carboxylic acids is 3. The molecule has 5 rings (SSSR count). The van der Waals surface area contributed by atoms with Crippen LogP contribution in [-0.4, -0.2) is 25.0 Å². The third-order valence-electron chi connectivity index (χ3n) is 7.03. The van der Waals surface area contributed by atoms with Crippen LogP contribution in [0.3, 0.4) is 0 Å². The number of halogens is 2. The van der Waals surface area contributed by atoms with E-state index in [-0.39, 0.29) is 11.3 Å². The van der Waals surface area contributed by atoms with Crippen LogP contribution < -0.4 is 24.4 Å². The lowest BCUT2D eigenvalue weighted by Crippen LogP contribution is -2.54. The minimum absolute atomic E-state index is 0.200. The van der Waals surface area contributed by atoms with E-state index in [1.165, 1.54) is 24.3 Å². The molecule has 1 fully saturated rings. The van der Waals surface area contributed by atoms with Gasteiger partial charge in [0.15, 0.2) is 11.5 Å². The van der Waals surface area contributed by atoms with E-state index >= 15 is 0 Å². The zero-order valence-corrected chi connectivity index (χ0v) is 27.1. The van der Waals surface area contributed by atoms with Crippen molar-refractivity contribution in [3.8, 4) is 17.2 Å². The van der Waals surface area contributed by atoms with Crippen LogP contribution in [0, 0.1) is 17.4 Å². The monoisotopic (exact) mass is 722 g/mol. The summed E-state index contributed by atoms with van der Waals surface area (Å²) < 4.78 is 18.2. The van der Waals surface area contributed by atoms with E-state index in [9.17, 15) is 14.4 Å². The molecule has 1 N–H and O–H groups in total. The number of urea groups is 1. The highest BCUT2D eigenvalue weighted by Crippen LogP contribution is 2.36. The molecule has 4 amide bonds. The van der Waals surface area contributed by atoms with Crippen LogP contribution in [0.1, 0.15) is 27.8 Å². The van der Waals surface area contributed by atoms with E-state index < -0.39 is 17.8 Å². The second-order valence-corrected chi connectivity index (χ2v) is 11.7. The van der Waals surface area contributed by atoms with Crippen LogP contribution in [0.15, 0.2) is 84.4 Å². The summed E-state index contributed by atoms with van der Waals surface area (Å²) in [4.78, 5) is 39.9. The van der Waals surface area contributed by atoms with Gasteiger partial charge in [-0.05, 0) is 119 Å². The van der Waals surface area contributed by atoms with Crippen molar-refractivity contribution in [1.82, 2.24) is 5.32 Å². The largest absolute Gasteiger partial charge is 0.493 e. The molecule has 0 spiro atoms. The third-order valence-corrected chi connectivity index (χ3v) is 8.09. The maximum atomic E-state index is 13.5. The summed E-state index contributed by atoms with van der Waals surface area (Å²) in [6.07, 6.45) is 1.43. The number of carbonyl (C=O) groups is 3. The summed E-state index contributed by atoms with van der Waals surface area (Å²) in [5.74, 6) is -0.0100. The number of nitrogens with zero attached hydrogens (tertiary/aromatic N) is 1. The number of methoxy groups -OCH3 is 1. The Labute approximate surface area is 273 Å². The Balaban J connectivity index is 1.33. The Morgan fingerprint density at radius 1 is 0.841 bits per heavy atom. The predicted octanol–water partition coefficient (Wildman–Crippen LogP) is 7.39. The second kappa shape index (κ2) is 13.5. The zero-order valence-electron chi connectivity index (χ0n) is 24.1. The SMILES string of the molecule is COc1cc(/C=C2\C(=O)NC(=O)N(c3ccc(OCc4ccc(Cl)cc4)cc3)C2=O)cc(I)c1OCc1ccc(C)c(C)c1. The number of amides is 4. The minimum Gasteiger partial charge on any atom is -0.493 e. The lowest BCUT2D eigenvalue weighted by atomic mass is 10.1. The molecule has 1 aliphatic rings. The molecule has 0 unspecified atom stereocenters. The van der Waals surface area contributed by atoms with Crippen LogP contribution in [0.25, 0.3) is 6.08 Å². The minimum atomic E-state index is -0.839. The first kappa shape index (κ1) is 31.1. The van der Waals surface area contributed by atoms with Gasteiger partial charge in [0.2, 0.25) is 0 Å². The zero-order chi connectivity index (χ0) is 31.4. The maximum absolute atomic E-state index is 13.5. The Bertz CT molecular complexity index is 1770. The van der Waals surface area contributed by atoms with E-state index in [0.29, 0.717) is 41.0 Å². The maximum Gasteiger partial charge on any atom is 0.335 e. The van der Waals surface area contributed by atoms with Gasteiger partial charge in [0.05, 0.1) is 16.4 Å². The molecule has 0 aliphatic carbocycles. The summed E-state index contributed by atoms with van der Waals surface area (Å²) in [5.41, 5.74) is 4.95. The Hall–Kier alpha value is -4.35. The Morgan fingerprint density at radius 3 is 2.20 bits per heavy atom. The fourth-order valence-corrected chi connectivity index (χ4v) is 5.42. The second-order valence-electron chi connectivity index (χ2n) is 10.1. The van der Waals surface area contributed by atoms with Gasteiger partial charge in [0.1, 0.15) is 24.5 Å². The predicted molar refractivity (Wildman–Crippen MR) is 177 cm³/mol. The number of imide groups is 2. The summed E-state index contributed by atoms with van der Waals surface area (Å²) >= 11 is 8.06. The molecule has 4 aromatic rings. The van der Waals surface area contributed by atoms with Crippen LogP contribution in [-0.2, 0) is 22.8 Å². The van der Waals surface area contributed by atoms with Crippen molar-refractivity contribution in [1.29, 1.82) is 0 Å². The van der Waals surface area contributed by atoms with Crippen molar-refractivity contribution in [3.05, 3.63) is 121 Å². The van der Waals surface area contributed by atoms with Crippen molar-refractivity contribution in [3.63, 3.8) is 0 Å². The highest BCUT2D eigenvalue weighted by atomic mass is 127. The average molecular weight is 723 g/mol. The number of hydrogen-bond donors (Lipinski definition) is 1.